The summed E-state index contributed by atoms with van der Waals surface area (Å²) in [6.07, 6.45) is 2.23. The summed E-state index contributed by atoms with van der Waals surface area (Å²) in [7, 11) is 0. The Labute approximate surface area is 138 Å². The van der Waals surface area contributed by atoms with E-state index in [1.807, 2.05) is 0 Å². The Balaban J connectivity index is 2.05. The van der Waals surface area contributed by atoms with E-state index in [1.54, 1.807) is 0 Å². The molecule has 0 spiro atoms. The standard InChI is InChI=1S/C14H11BrIN3O/c15-7-1-2-9-6-3-8(4-6)19-12(16)11(13(17)20)18-14(19)10(9)5-7/h1-2,5-6,8H,3-4H2,(H2,17,20). The molecule has 0 unspecified atom stereocenters. The molecule has 1 amide bonds. The van der Waals surface area contributed by atoms with E-state index in [1.165, 1.54) is 5.56 Å². The van der Waals surface area contributed by atoms with E-state index in [4.69, 9.17) is 5.73 Å². The third-order valence-corrected chi connectivity index (χ3v) is 5.78. The van der Waals surface area contributed by atoms with E-state index in [0.717, 1.165) is 32.4 Å². The maximum absolute atomic E-state index is 11.6. The number of hydrogen-bond acceptors (Lipinski definition) is 2. The molecule has 1 aromatic heterocycles. The number of nitrogens with two attached hydrogens (primary N) is 1. The number of nitrogens with zero attached hydrogens (tertiary/aromatic N) is 2. The lowest BCUT2D eigenvalue weighted by molar-refractivity contribution is 0.0994. The molecular formula is C14H11BrIN3O. The number of imidazole rings is 1. The van der Waals surface area contributed by atoms with E-state index >= 15 is 0 Å². The van der Waals surface area contributed by atoms with Gasteiger partial charge in [0.25, 0.3) is 5.91 Å². The second-order valence-electron chi connectivity index (χ2n) is 5.36. The van der Waals surface area contributed by atoms with Gasteiger partial charge in [0.2, 0.25) is 0 Å². The molecule has 2 N–H and O–H groups in total. The number of amides is 1. The SMILES string of the molecule is NC(=O)c1nc2n(c1I)C1CC(C1)c1ccc(Br)cc1-2. The van der Waals surface area contributed by atoms with Gasteiger partial charge in [-0.25, -0.2) is 4.98 Å². The number of benzene rings is 1. The second-order valence-corrected chi connectivity index (χ2v) is 7.30. The van der Waals surface area contributed by atoms with Crippen LogP contribution in [0.15, 0.2) is 22.7 Å². The summed E-state index contributed by atoms with van der Waals surface area (Å²) in [5, 5.41) is 0. The topological polar surface area (TPSA) is 60.9 Å². The van der Waals surface area contributed by atoms with Crippen LogP contribution in [0.3, 0.4) is 0 Å². The predicted octanol–water partition coefficient (Wildman–Crippen LogP) is 3.45. The molecule has 1 fully saturated rings. The molecule has 1 aromatic carbocycles. The van der Waals surface area contributed by atoms with Crippen molar-refractivity contribution < 1.29 is 4.79 Å². The van der Waals surface area contributed by atoms with Gasteiger partial charge in [-0.3, -0.25) is 4.79 Å². The van der Waals surface area contributed by atoms with Crippen molar-refractivity contribution in [2.45, 2.75) is 24.8 Å². The Morgan fingerprint density at radius 1 is 1.45 bits per heavy atom. The van der Waals surface area contributed by atoms with Crippen LogP contribution in [0.1, 0.15) is 40.9 Å². The molecule has 1 saturated carbocycles. The first-order valence-corrected chi connectivity index (χ1v) is 8.30. The van der Waals surface area contributed by atoms with E-state index < -0.39 is 5.91 Å². The highest BCUT2D eigenvalue weighted by atomic mass is 127. The maximum atomic E-state index is 11.6. The lowest BCUT2D eigenvalue weighted by atomic mass is 9.76. The fourth-order valence-electron chi connectivity index (χ4n) is 3.22. The monoisotopic (exact) mass is 443 g/mol. The van der Waals surface area contributed by atoms with Gasteiger partial charge in [-0.15, -0.1) is 0 Å². The molecule has 2 aromatic rings. The second kappa shape index (κ2) is 4.30. The number of halogens is 2. The van der Waals surface area contributed by atoms with Crippen molar-refractivity contribution in [3.05, 3.63) is 37.6 Å². The summed E-state index contributed by atoms with van der Waals surface area (Å²) >= 11 is 5.71. The minimum Gasteiger partial charge on any atom is -0.364 e. The first-order chi connectivity index (χ1) is 9.56. The predicted molar refractivity (Wildman–Crippen MR) is 87.6 cm³/mol. The molecule has 3 aliphatic rings. The molecule has 0 saturated heterocycles. The van der Waals surface area contributed by atoms with Gasteiger partial charge in [0.05, 0.1) is 0 Å². The fourth-order valence-corrected chi connectivity index (χ4v) is 4.59. The molecule has 102 valence electrons. The highest BCUT2D eigenvalue weighted by molar-refractivity contribution is 14.1. The largest absolute Gasteiger partial charge is 0.364 e. The zero-order valence-electron chi connectivity index (χ0n) is 10.4. The Morgan fingerprint density at radius 2 is 2.20 bits per heavy atom. The molecule has 3 heterocycles. The van der Waals surface area contributed by atoms with Gasteiger partial charge < -0.3 is 10.3 Å². The van der Waals surface area contributed by atoms with Crippen LogP contribution >= 0.6 is 38.5 Å². The zero-order valence-corrected chi connectivity index (χ0v) is 14.2. The van der Waals surface area contributed by atoms with Gasteiger partial charge in [0.15, 0.2) is 5.69 Å². The molecule has 1 aliphatic carbocycles. The van der Waals surface area contributed by atoms with Crippen LogP contribution < -0.4 is 5.73 Å². The van der Waals surface area contributed by atoms with Crippen LogP contribution in [0.2, 0.25) is 0 Å². The van der Waals surface area contributed by atoms with Crippen molar-refractivity contribution in [1.82, 2.24) is 9.55 Å². The smallest absolute Gasteiger partial charge is 0.270 e. The summed E-state index contributed by atoms with van der Waals surface area (Å²) in [5.41, 5.74) is 8.29. The summed E-state index contributed by atoms with van der Waals surface area (Å²) in [4.78, 5) is 16.1. The number of carbonyl (C=O) groups is 1. The van der Waals surface area contributed by atoms with Gasteiger partial charge in [0, 0.05) is 16.1 Å². The van der Waals surface area contributed by atoms with Crippen LogP contribution in [0.4, 0.5) is 0 Å². The normalized spacial score (nSPS) is 22.5. The Bertz CT molecular complexity index is 749. The van der Waals surface area contributed by atoms with Crippen molar-refractivity contribution in [3.63, 3.8) is 0 Å². The third kappa shape index (κ3) is 1.64. The fraction of sp³-hybridized carbons (Fsp3) is 0.286. The van der Waals surface area contributed by atoms with Crippen LogP contribution in [-0.4, -0.2) is 15.5 Å². The highest BCUT2D eigenvalue weighted by Gasteiger charge is 2.40. The van der Waals surface area contributed by atoms with Crippen molar-refractivity contribution in [2.24, 2.45) is 5.73 Å². The van der Waals surface area contributed by atoms with Crippen molar-refractivity contribution >= 4 is 44.4 Å². The third-order valence-electron chi connectivity index (χ3n) is 4.26. The number of aromatic nitrogens is 2. The Kier molecular flexibility index (Phi) is 2.76. The Morgan fingerprint density at radius 3 is 2.90 bits per heavy atom. The highest BCUT2D eigenvalue weighted by Crippen LogP contribution is 2.53. The minimum atomic E-state index is -0.456. The summed E-state index contributed by atoms with van der Waals surface area (Å²) in [6, 6.07) is 6.77. The number of rotatable bonds is 1. The molecule has 5 rings (SSSR count). The van der Waals surface area contributed by atoms with E-state index in [-0.39, 0.29) is 0 Å². The van der Waals surface area contributed by atoms with Gasteiger partial charge >= 0.3 is 0 Å². The van der Waals surface area contributed by atoms with Gasteiger partial charge in [-0.05, 0) is 59.0 Å². The van der Waals surface area contributed by atoms with E-state index in [9.17, 15) is 4.79 Å². The Hall–Kier alpha value is -0.890. The minimum absolute atomic E-state index is 0.386. The van der Waals surface area contributed by atoms with Crippen LogP contribution in [-0.2, 0) is 0 Å². The van der Waals surface area contributed by atoms with Crippen LogP contribution in [0.5, 0.6) is 0 Å². The average molecular weight is 444 g/mol. The lowest BCUT2D eigenvalue weighted by Gasteiger charge is -2.34. The molecule has 4 nitrogen and oxygen atoms in total. The molecule has 20 heavy (non-hydrogen) atoms. The number of hydrogen-bond donors (Lipinski definition) is 1. The van der Waals surface area contributed by atoms with Crippen molar-refractivity contribution in [3.8, 4) is 11.4 Å². The summed E-state index contributed by atoms with van der Waals surface area (Å²) in [5.74, 6) is 1.03. The number of primary amides is 1. The van der Waals surface area contributed by atoms with E-state index in [0.29, 0.717) is 17.7 Å². The van der Waals surface area contributed by atoms with Crippen molar-refractivity contribution in [1.29, 1.82) is 0 Å². The summed E-state index contributed by atoms with van der Waals surface area (Å²) < 4.78 is 4.08. The van der Waals surface area contributed by atoms with Crippen molar-refractivity contribution in [2.75, 3.05) is 0 Å². The number of carbonyl (C=O) groups excluding carboxylic acids is 1. The molecule has 0 atom stereocenters. The average Bonchev–Trinajstić information content (AvgIpc) is 2.55. The molecule has 0 radical (unpaired) electrons. The van der Waals surface area contributed by atoms with Gasteiger partial charge in [-0.1, -0.05) is 22.0 Å². The van der Waals surface area contributed by atoms with E-state index in [2.05, 4.69) is 66.3 Å². The van der Waals surface area contributed by atoms with Gasteiger partial charge in [0.1, 0.15) is 9.53 Å². The maximum Gasteiger partial charge on any atom is 0.270 e. The first kappa shape index (κ1) is 12.8. The molecule has 6 heteroatoms. The van der Waals surface area contributed by atoms with Gasteiger partial charge in [-0.2, -0.15) is 0 Å². The van der Waals surface area contributed by atoms with Crippen LogP contribution in [0.25, 0.3) is 11.4 Å². The zero-order chi connectivity index (χ0) is 14.0. The van der Waals surface area contributed by atoms with Crippen LogP contribution in [0, 0.1) is 3.70 Å². The quantitative estimate of drug-likeness (QED) is 0.686. The molecule has 2 aliphatic heterocycles. The summed E-state index contributed by atoms with van der Waals surface area (Å²) in [6.45, 7) is 0. The molecule has 2 bridgehead atoms. The lowest BCUT2D eigenvalue weighted by Crippen LogP contribution is -2.24. The first-order valence-electron chi connectivity index (χ1n) is 6.43. The molecular weight excluding hydrogens is 433 g/mol.